The van der Waals surface area contributed by atoms with E-state index >= 15 is 0 Å². The lowest BCUT2D eigenvalue weighted by molar-refractivity contribution is -0.144. The van der Waals surface area contributed by atoms with Crippen LogP contribution in [0.2, 0.25) is 0 Å². The van der Waals surface area contributed by atoms with E-state index in [0.717, 1.165) is 21.0 Å². The van der Waals surface area contributed by atoms with E-state index < -0.39 is 18.4 Å². The van der Waals surface area contributed by atoms with E-state index in [1.54, 1.807) is 0 Å². The molecule has 2 aromatic carbocycles. The van der Waals surface area contributed by atoms with Crippen LogP contribution in [0.4, 0.5) is 5.69 Å². The van der Waals surface area contributed by atoms with Crippen LogP contribution in [0.1, 0.15) is 5.56 Å². The number of benzene rings is 2. The van der Waals surface area contributed by atoms with E-state index in [1.807, 2.05) is 73.5 Å². The third-order valence-corrected chi connectivity index (χ3v) is 6.53. The molecule has 0 aromatic heterocycles. The normalized spacial score (nSPS) is 14.2. The fourth-order valence-electron chi connectivity index (χ4n) is 2.67. The number of para-hydroxylation sites is 1. The molecule has 0 bridgehead atoms. The maximum absolute atomic E-state index is 12.5. The van der Waals surface area contributed by atoms with Gasteiger partial charge in [-0.25, -0.2) is 0 Å². The number of Topliss-reactive ketones (excluding diaryl/α,β-unsaturated/α-hetero) is 1. The predicted octanol–water partition coefficient (Wildman–Crippen LogP) is 4.18. The number of rotatable bonds is 6. The summed E-state index contributed by atoms with van der Waals surface area (Å²) < 4.78 is 5.10. The molecular weight excluding hydrogens is 392 g/mol. The predicted molar refractivity (Wildman–Crippen MR) is 111 cm³/mol. The zero-order valence-corrected chi connectivity index (χ0v) is 17.1. The molecule has 0 amide bonds. The lowest BCUT2D eigenvalue weighted by Gasteiger charge is -2.14. The maximum Gasteiger partial charge on any atom is 0.316 e. The van der Waals surface area contributed by atoms with Crippen molar-refractivity contribution in [1.29, 1.82) is 5.26 Å². The summed E-state index contributed by atoms with van der Waals surface area (Å²) in [6.07, 6.45) is 0. The Hall–Kier alpha value is -2.69. The Morgan fingerprint density at radius 3 is 2.61 bits per heavy atom. The van der Waals surface area contributed by atoms with Crippen LogP contribution in [-0.4, -0.2) is 31.2 Å². The quantitative estimate of drug-likeness (QED) is 0.306. The first-order valence-electron chi connectivity index (χ1n) is 8.53. The number of carbonyl (C=O) groups is 2. The van der Waals surface area contributed by atoms with Crippen LogP contribution >= 0.6 is 23.5 Å². The van der Waals surface area contributed by atoms with Gasteiger partial charge in [0, 0.05) is 16.8 Å². The van der Waals surface area contributed by atoms with E-state index in [2.05, 4.69) is 0 Å². The lowest BCUT2D eigenvalue weighted by Crippen LogP contribution is -2.20. The largest absolute Gasteiger partial charge is 0.457 e. The Labute approximate surface area is 172 Å². The van der Waals surface area contributed by atoms with Gasteiger partial charge in [-0.15, -0.1) is 11.8 Å². The number of aryl methyl sites for hydroxylation is 1. The van der Waals surface area contributed by atoms with Gasteiger partial charge in [0.2, 0.25) is 5.78 Å². The molecule has 142 valence electrons. The summed E-state index contributed by atoms with van der Waals surface area (Å²) in [6, 6.07) is 17.4. The fraction of sp³-hybridized carbons (Fsp3) is 0.190. The van der Waals surface area contributed by atoms with E-state index in [-0.39, 0.29) is 11.3 Å². The van der Waals surface area contributed by atoms with E-state index in [1.165, 1.54) is 23.5 Å². The number of esters is 1. The topological polar surface area (TPSA) is 70.4 Å². The molecule has 7 heteroatoms. The Bertz CT molecular complexity index is 995. The van der Waals surface area contributed by atoms with Crippen molar-refractivity contribution >= 4 is 41.0 Å². The summed E-state index contributed by atoms with van der Waals surface area (Å²) in [5.41, 5.74) is 2.02. The standard InChI is InChI=1S/C21H18N2O3S2/c1-14-7-3-5-9-18(14)27-13-20(25)26-12-17(24)15(11-22)21-23(2)16-8-4-6-10-19(16)28-21/h3-10H,12-13H2,1-2H3/b21-15-. The smallest absolute Gasteiger partial charge is 0.316 e. The highest BCUT2D eigenvalue weighted by Gasteiger charge is 2.28. The van der Waals surface area contributed by atoms with Crippen LogP contribution in [0.5, 0.6) is 0 Å². The van der Waals surface area contributed by atoms with Crippen molar-refractivity contribution in [2.24, 2.45) is 0 Å². The summed E-state index contributed by atoms with van der Waals surface area (Å²) in [5.74, 6) is -0.880. The van der Waals surface area contributed by atoms with E-state index in [4.69, 9.17) is 4.74 Å². The highest BCUT2D eigenvalue weighted by molar-refractivity contribution is 8.03. The van der Waals surface area contributed by atoms with Gasteiger partial charge in [0.1, 0.15) is 16.7 Å². The molecule has 5 nitrogen and oxygen atoms in total. The van der Waals surface area contributed by atoms with Crippen molar-refractivity contribution in [3.05, 3.63) is 64.7 Å². The number of nitriles is 1. The molecule has 0 saturated heterocycles. The average Bonchev–Trinajstić information content (AvgIpc) is 3.03. The van der Waals surface area contributed by atoms with Gasteiger partial charge in [-0.1, -0.05) is 42.1 Å². The van der Waals surface area contributed by atoms with Crippen LogP contribution in [0, 0.1) is 18.3 Å². The highest BCUT2D eigenvalue weighted by atomic mass is 32.2. The molecule has 1 heterocycles. The van der Waals surface area contributed by atoms with Gasteiger partial charge in [0.05, 0.1) is 11.4 Å². The van der Waals surface area contributed by atoms with Gasteiger partial charge in [-0.05, 0) is 30.7 Å². The average molecular weight is 411 g/mol. The first-order chi connectivity index (χ1) is 13.5. The molecule has 0 spiro atoms. The van der Waals surface area contributed by atoms with Crippen molar-refractivity contribution in [3.63, 3.8) is 0 Å². The zero-order valence-electron chi connectivity index (χ0n) is 15.5. The van der Waals surface area contributed by atoms with Gasteiger partial charge >= 0.3 is 5.97 Å². The van der Waals surface area contributed by atoms with Gasteiger partial charge in [-0.2, -0.15) is 5.26 Å². The number of anilines is 1. The molecular formula is C21H18N2O3S2. The van der Waals surface area contributed by atoms with Crippen molar-refractivity contribution in [2.45, 2.75) is 16.7 Å². The molecule has 3 rings (SSSR count). The minimum atomic E-state index is -0.501. The number of ether oxygens (including phenoxy) is 1. The third-order valence-electron chi connectivity index (χ3n) is 4.15. The molecule has 1 aliphatic heterocycles. The number of hydrogen-bond acceptors (Lipinski definition) is 7. The van der Waals surface area contributed by atoms with Crippen LogP contribution in [0.3, 0.4) is 0 Å². The van der Waals surface area contributed by atoms with Crippen molar-refractivity contribution in [1.82, 2.24) is 0 Å². The van der Waals surface area contributed by atoms with Crippen molar-refractivity contribution in [2.75, 3.05) is 24.3 Å². The Morgan fingerprint density at radius 1 is 1.18 bits per heavy atom. The minimum absolute atomic E-state index is 0.00283. The Morgan fingerprint density at radius 2 is 1.89 bits per heavy atom. The number of hydrogen-bond donors (Lipinski definition) is 0. The van der Waals surface area contributed by atoms with Crippen LogP contribution in [-0.2, 0) is 14.3 Å². The molecule has 0 aliphatic carbocycles. The molecule has 0 fully saturated rings. The molecule has 0 saturated carbocycles. The fourth-order valence-corrected chi connectivity index (χ4v) is 4.65. The Balaban J connectivity index is 1.60. The van der Waals surface area contributed by atoms with Gasteiger partial charge in [0.15, 0.2) is 6.61 Å². The highest BCUT2D eigenvalue weighted by Crippen LogP contribution is 2.46. The summed E-state index contributed by atoms with van der Waals surface area (Å²) >= 11 is 2.73. The number of fused-ring (bicyclic) bond motifs is 1. The second-order valence-electron chi connectivity index (χ2n) is 6.06. The molecule has 0 unspecified atom stereocenters. The SMILES string of the molecule is Cc1ccccc1SCC(=O)OCC(=O)/C(C#N)=C1\Sc2ccccc2N1C. The first kappa shape index (κ1) is 20.1. The maximum atomic E-state index is 12.5. The van der Waals surface area contributed by atoms with Crippen LogP contribution in [0.15, 0.2) is 68.9 Å². The number of thioether (sulfide) groups is 2. The van der Waals surface area contributed by atoms with E-state index in [0.29, 0.717) is 5.03 Å². The summed E-state index contributed by atoms with van der Waals surface area (Å²) in [6.45, 7) is 1.53. The van der Waals surface area contributed by atoms with Gasteiger partial charge in [-0.3, -0.25) is 9.59 Å². The third kappa shape index (κ3) is 4.41. The van der Waals surface area contributed by atoms with Crippen LogP contribution < -0.4 is 4.90 Å². The van der Waals surface area contributed by atoms with Crippen LogP contribution in [0.25, 0.3) is 0 Å². The minimum Gasteiger partial charge on any atom is -0.457 e. The lowest BCUT2D eigenvalue weighted by atomic mass is 10.2. The zero-order chi connectivity index (χ0) is 20.1. The second-order valence-corrected chi connectivity index (χ2v) is 8.11. The molecule has 0 atom stereocenters. The second kappa shape index (κ2) is 9.00. The van der Waals surface area contributed by atoms with Gasteiger partial charge < -0.3 is 9.64 Å². The molecule has 0 radical (unpaired) electrons. The molecule has 0 N–H and O–H groups in total. The number of nitrogens with zero attached hydrogens (tertiary/aromatic N) is 2. The molecule has 28 heavy (non-hydrogen) atoms. The molecule has 1 aliphatic rings. The Kier molecular flexibility index (Phi) is 6.45. The van der Waals surface area contributed by atoms with E-state index in [9.17, 15) is 14.9 Å². The summed E-state index contributed by atoms with van der Waals surface area (Å²) in [7, 11) is 1.81. The summed E-state index contributed by atoms with van der Waals surface area (Å²) in [4.78, 5) is 28.3. The van der Waals surface area contributed by atoms with Gasteiger partial charge in [0.25, 0.3) is 0 Å². The molecule has 2 aromatic rings. The number of carbonyl (C=O) groups excluding carboxylic acids is 2. The summed E-state index contributed by atoms with van der Waals surface area (Å²) in [5, 5.41) is 10.0. The number of ketones is 1. The first-order valence-corrected chi connectivity index (χ1v) is 10.3. The van der Waals surface area contributed by atoms with Crippen molar-refractivity contribution < 1.29 is 14.3 Å². The monoisotopic (exact) mass is 410 g/mol. The van der Waals surface area contributed by atoms with Crippen molar-refractivity contribution in [3.8, 4) is 6.07 Å².